The first-order valence-corrected chi connectivity index (χ1v) is 21.9. The van der Waals surface area contributed by atoms with Gasteiger partial charge in [0.1, 0.15) is 68.6 Å². The minimum absolute atomic E-state index is 0.373. The summed E-state index contributed by atoms with van der Waals surface area (Å²) in [6.45, 7) is 0. The van der Waals surface area contributed by atoms with E-state index in [4.69, 9.17) is 48.9 Å². The third kappa shape index (κ3) is 7.05. The van der Waals surface area contributed by atoms with Crippen molar-refractivity contribution in [3.63, 3.8) is 0 Å². The molecule has 13 rings (SSSR count). The van der Waals surface area contributed by atoms with Gasteiger partial charge in [-0.1, -0.05) is 97.1 Å². The van der Waals surface area contributed by atoms with Gasteiger partial charge in [0, 0.05) is 32.8 Å². The molecule has 2 aliphatic rings. The van der Waals surface area contributed by atoms with Gasteiger partial charge >= 0.3 is 0 Å². The van der Waals surface area contributed by atoms with Crippen LogP contribution in [0.1, 0.15) is 0 Å². The summed E-state index contributed by atoms with van der Waals surface area (Å²) in [7, 11) is 0. The highest BCUT2D eigenvalue weighted by molar-refractivity contribution is 6.09. The highest BCUT2D eigenvalue weighted by Crippen LogP contribution is 2.44. The van der Waals surface area contributed by atoms with Crippen LogP contribution < -0.4 is 18.9 Å². The molecule has 0 saturated carbocycles. The lowest BCUT2D eigenvalue weighted by molar-refractivity contribution is 0.483. The fourth-order valence-corrected chi connectivity index (χ4v) is 8.56. The Bertz CT molecular complexity index is 3920. The molecule has 0 unspecified atom stereocenters. The summed E-state index contributed by atoms with van der Waals surface area (Å²) in [5, 5.41) is 3.00. The van der Waals surface area contributed by atoms with Crippen molar-refractivity contribution in [2.75, 3.05) is 0 Å². The Morgan fingerprint density at radius 2 is 0.765 bits per heavy atom. The van der Waals surface area contributed by atoms with Crippen molar-refractivity contribution in [3.05, 3.63) is 194 Å². The lowest BCUT2D eigenvalue weighted by atomic mass is 10.1. The summed E-state index contributed by atoms with van der Waals surface area (Å²) >= 11 is 0. The second-order valence-corrected chi connectivity index (χ2v) is 16.0. The van der Waals surface area contributed by atoms with Crippen LogP contribution in [0.2, 0.25) is 0 Å². The van der Waals surface area contributed by atoms with Crippen LogP contribution in [0, 0.1) is 0 Å². The third-order valence-electron chi connectivity index (χ3n) is 11.7. The largest absolute Gasteiger partial charge is 0.457 e. The van der Waals surface area contributed by atoms with E-state index in [1.165, 1.54) is 0 Å². The molecule has 0 fully saturated rings. The third-order valence-corrected chi connectivity index (χ3v) is 11.7. The first kappa shape index (κ1) is 38.8. The number of fused-ring (bicyclic) bond motifs is 20. The van der Waals surface area contributed by atoms with Gasteiger partial charge in [0.05, 0.1) is 10.9 Å². The summed E-state index contributed by atoms with van der Waals surface area (Å²) in [4.78, 5) is 38.6. The van der Waals surface area contributed by atoms with Crippen molar-refractivity contribution in [1.29, 1.82) is 0 Å². The number of rotatable bonds is 8. The van der Waals surface area contributed by atoms with Crippen LogP contribution in [-0.2, 0) is 0 Å². The topological polar surface area (TPSA) is 146 Å². The van der Waals surface area contributed by atoms with Crippen LogP contribution >= 0.6 is 0 Å². The van der Waals surface area contributed by atoms with Crippen LogP contribution in [0.25, 0.3) is 89.7 Å². The summed E-state index contributed by atoms with van der Waals surface area (Å²) in [6, 6.07) is 61.9. The van der Waals surface area contributed by atoms with Gasteiger partial charge < -0.3 is 28.9 Å². The van der Waals surface area contributed by atoms with Gasteiger partial charge in [0.15, 0.2) is 23.3 Å². The highest BCUT2D eigenvalue weighted by atomic mass is 16.5. The molecule has 11 aromatic rings. The molecule has 0 saturated heterocycles. The fraction of sp³-hybridized carbons (Fsp3) is 0. The Morgan fingerprint density at radius 1 is 0.279 bits per heavy atom. The summed E-state index contributed by atoms with van der Waals surface area (Å²) < 4.78 is 25.9. The van der Waals surface area contributed by atoms with E-state index in [0.717, 1.165) is 32.8 Å². The zero-order chi connectivity index (χ0) is 45.0. The van der Waals surface area contributed by atoms with Crippen molar-refractivity contribution in [2.45, 2.75) is 0 Å². The fourth-order valence-electron chi connectivity index (χ4n) is 8.56. The average molecular weight is 883 g/mol. The Labute approximate surface area is 387 Å². The van der Waals surface area contributed by atoms with Crippen molar-refractivity contribution in [2.24, 2.45) is 0 Å². The first-order chi connectivity index (χ1) is 33.6. The molecule has 12 heteroatoms. The zero-order valence-corrected chi connectivity index (χ0v) is 35.8. The molecule has 0 amide bonds. The van der Waals surface area contributed by atoms with E-state index in [1.807, 2.05) is 194 Å². The number of benzene rings is 8. The SMILES string of the molecule is c1ccc(Oc2ccc3c(c2)-c2nc-3nc3[nH]c(nc4nc(nc5[nH]c(n2)c2cccc(Oc6ccccc6)c52)-c2c(Oc5ccccc5)cccc2-4)c2cc(Oc4ccccc4)ccc32)cc1. The van der Waals surface area contributed by atoms with E-state index in [-0.39, 0.29) is 0 Å². The van der Waals surface area contributed by atoms with Gasteiger partial charge in [-0.05, 0) is 97.1 Å². The van der Waals surface area contributed by atoms with E-state index in [2.05, 4.69) is 9.97 Å². The number of para-hydroxylation sites is 4. The Morgan fingerprint density at radius 3 is 1.44 bits per heavy atom. The molecule has 0 aliphatic carbocycles. The quantitative estimate of drug-likeness (QED) is 0.151. The first-order valence-electron chi connectivity index (χ1n) is 21.9. The molecule has 12 nitrogen and oxygen atoms in total. The molecule has 0 spiro atoms. The molecule has 5 heterocycles. The van der Waals surface area contributed by atoms with Gasteiger partial charge in [-0.3, -0.25) is 0 Å². The summed E-state index contributed by atoms with van der Waals surface area (Å²) in [5.74, 6) is 6.75. The molecule has 8 aromatic carbocycles. The molecule has 0 atom stereocenters. The van der Waals surface area contributed by atoms with Crippen LogP contribution in [0.4, 0.5) is 0 Å². The molecular weight excluding hydrogens is 849 g/mol. The molecule has 2 N–H and O–H groups in total. The van der Waals surface area contributed by atoms with Crippen LogP contribution in [0.5, 0.6) is 46.0 Å². The maximum absolute atomic E-state index is 6.60. The lowest BCUT2D eigenvalue weighted by Gasteiger charge is -2.10. The highest BCUT2D eigenvalue weighted by Gasteiger charge is 2.26. The zero-order valence-electron chi connectivity index (χ0n) is 35.8. The van der Waals surface area contributed by atoms with E-state index in [1.54, 1.807) is 0 Å². The van der Waals surface area contributed by atoms with Gasteiger partial charge in [0.25, 0.3) is 0 Å². The smallest absolute Gasteiger partial charge is 0.168 e. The molecule has 3 aromatic heterocycles. The Balaban J connectivity index is 1.12. The second kappa shape index (κ2) is 16.1. The van der Waals surface area contributed by atoms with Crippen LogP contribution in [0.15, 0.2) is 194 Å². The van der Waals surface area contributed by atoms with Gasteiger partial charge in [-0.2, -0.15) is 0 Å². The van der Waals surface area contributed by atoms with Crippen molar-refractivity contribution in [3.8, 4) is 91.5 Å². The molecule has 8 bridgehead atoms. The standard InChI is InChI=1S/C56H34N8O4/c1-5-15-33(16-6-1)65-37-27-29-39-43(31-37)53-58-49(39)57-50-40-30-28-38(66-34-17-7-2-8-18-34)32-44(40)54(59-50)61-52-42-24-14-26-46(68-36-21-11-4-12-22-36)48(42)56(63-52)64-55-47-41(51(60-53)62-55)23-13-25-45(47)67-35-19-9-3-10-20-35/h1-32H,(H2,57,58,59,60,61,62,63,64). The normalized spacial score (nSPS) is 11.5. The second-order valence-electron chi connectivity index (χ2n) is 16.0. The lowest BCUT2D eigenvalue weighted by Crippen LogP contribution is -1.90. The van der Waals surface area contributed by atoms with E-state index in [9.17, 15) is 0 Å². The van der Waals surface area contributed by atoms with E-state index in [0.29, 0.717) is 103 Å². The number of aromatic amines is 2. The molecule has 322 valence electrons. The average Bonchev–Trinajstić information content (AvgIpc) is 4.11. The summed E-state index contributed by atoms with van der Waals surface area (Å²) in [5.41, 5.74) is 4.90. The Kier molecular flexibility index (Phi) is 9.17. The predicted molar refractivity (Wildman–Crippen MR) is 262 cm³/mol. The number of ether oxygens (including phenoxy) is 4. The van der Waals surface area contributed by atoms with Gasteiger partial charge in [-0.25, -0.2) is 29.9 Å². The molecule has 2 aliphatic heterocycles. The molecule has 0 radical (unpaired) electrons. The van der Waals surface area contributed by atoms with Crippen LogP contribution in [0.3, 0.4) is 0 Å². The number of hydrogen-bond donors (Lipinski definition) is 2. The van der Waals surface area contributed by atoms with Crippen molar-refractivity contribution >= 4 is 44.1 Å². The minimum atomic E-state index is 0.373. The number of aromatic nitrogens is 8. The number of H-pyrrole nitrogens is 2. The maximum Gasteiger partial charge on any atom is 0.168 e. The van der Waals surface area contributed by atoms with Crippen molar-refractivity contribution in [1.82, 2.24) is 39.9 Å². The van der Waals surface area contributed by atoms with E-state index < -0.39 is 0 Å². The predicted octanol–water partition coefficient (Wildman–Crippen LogP) is 14.0. The Hall–Kier alpha value is -9.68. The number of nitrogens with zero attached hydrogens (tertiary/aromatic N) is 6. The minimum Gasteiger partial charge on any atom is -0.457 e. The van der Waals surface area contributed by atoms with Crippen molar-refractivity contribution < 1.29 is 18.9 Å². The van der Waals surface area contributed by atoms with E-state index >= 15 is 0 Å². The van der Waals surface area contributed by atoms with Gasteiger partial charge in [0.2, 0.25) is 0 Å². The maximum atomic E-state index is 6.60. The number of nitrogens with one attached hydrogen (secondary N) is 2. The summed E-state index contributed by atoms with van der Waals surface area (Å²) in [6.07, 6.45) is 0. The molecule has 68 heavy (non-hydrogen) atoms. The van der Waals surface area contributed by atoms with Gasteiger partial charge in [-0.15, -0.1) is 0 Å². The van der Waals surface area contributed by atoms with Crippen LogP contribution in [-0.4, -0.2) is 39.9 Å². The monoisotopic (exact) mass is 882 g/mol. The molecular formula is C56H34N8O4. The number of hydrogen-bond acceptors (Lipinski definition) is 10.